The van der Waals surface area contributed by atoms with E-state index in [1.54, 1.807) is 24.3 Å². The minimum atomic E-state index is -0.386. The number of halogens is 2. The van der Waals surface area contributed by atoms with E-state index in [1.165, 1.54) is 24.3 Å². The molecule has 2 aromatic carbocycles. The fourth-order valence-electron chi connectivity index (χ4n) is 3.38. The second-order valence-corrected chi connectivity index (χ2v) is 8.39. The predicted octanol–water partition coefficient (Wildman–Crippen LogP) is 4.93. The Labute approximate surface area is 181 Å². The number of nitrogens with zero attached hydrogens (tertiary/aromatic N) is 4. The first-order valence-electron chi connectivity index (χ1n) is 9.80. The van der Waals surface area contributed by atoms with Crippen LogP contribution in [0.5, 0.6) is 5.88 Å². The van der Waals surface area contributed by atoms with Gasteiger partial charge in [0.25, 0.3) is 5.88 Å². The van der Waals surface area contributed by atoms with Crippen LogP contribution in [0.1, 0.15) is 19.5 Å². The lowest BCUT2D eigenvalue weighted by molar-refractivity contribution is 0.137. The Balaban J connectivity index is 2.09. The fourth-order valence-corrected chi connectivity index (χ4v) is 3.38. The summed E-state index contributed by atoms with van der Waals surface area (Å²) in [5.74, 6) is -0.654. The molecule has 0 unspecified atom stereocenters. The highest BCUT2D eigenvalue weighted by molar-refractivity contribution is 5.78. The maximum atomic E-state index is 13.5. The molecule has 5 nitrogen and oxygen atoms in total. The summed E-state index contributed by atoms with van der Waals surface area (Å²) in [5, 5.41) is 9.66. The van der Waals surface area contributed by atoms with Gasteiger partial charge in [0, 0.05) is 23.1 Å². The van der Waals surface area contributed by atoms with Gasteiger partial charge in [0.05, 0.1) is 12.3 Å². The standard InChI is InChI=1S/C24H24F2N4O/c1-24(2,14-30(3)4)15-31-23-20(13-27)28-21(16-5-9-18(25)10-6-16)22(29-23)17-7-11-19(26)12-8-17/h5-12H,14-15H2,1-4H3. The van der Waals surface area contributed by atoms with Gasteiger partial charge >= 0.3 is 0 Å². The van der Waals surface area contributed by atoms with Crippen molar-refractivity contribution in [2.24, 2.45) is 5.41 Å². The molecule has 31 heavy (non-hydrogen) atoms. The van der Waals surface area contributed by atoms with Crippen molar-refractivity contribution in [2.75, 3.05) is 27.2 Å². The maximum absolute atomic E-state index is 13.5. The number of hydrogen-bond acceptors (Lipinski definition) is 5. The van der Waals surface area contributed by atoms with Gasteiger partial charge in [0.1, 0.15) is 23.4 Å². The molecule has 1 heterocycles. The van der Waals surface area contributed by atoms with Crippen LogP contribution in [0.2, 0.25) is 0 Å². The summed E-state index contributed by atoms with van der Waals surface area (Å²) in [5.41, 5.74) is 1.85. The largest absolute Gasteiger partial charge is 0.475 e. The summed E-state index contributed by atoms with van der Waals surface area (Å²) in [6.45, 7) is 5.22. The van der Waals surface area contributed by atoms with Crippen LogP contribution in [0.15, 0.2) is 48.5 Å². The smallest absolute Gasteiger partial charge is 0.251 e. The van der Waals surface area contributed by atoms with Gasteiger partial charge in [-0.1, -0.05) is 13.8 Å². The summed E-state index contributed by atoms with van der Waals surface area (Å²) in [6.07, 6.45) is 0. The van der Waals surface area contributed by atoms with Crippen LogP contribution in [-0.4, -0.2) is 42.1 Å². The molecule has 0 bridgehead atoms. The van der Waals surface area contributed by atoms with Gasteiger partial charge in [-0.15, -0.1) is 0 Å². The van der Waals surface area contributed by atoms with Crippen molar-refractivity contribution in [1.82, 2.24) is 14.9 Å². The molecule has 0 amide bonds. The molecule has 0 fully saturated rings. The molecule has 0 atom stereocenters. The third kappa shape index (κ3) is 5.62. The summed E-state index contributed by atoms with van der Waals surface area (Å²) >= 11 is 0. The molecule has 0 aliphatic carbocycles. The van der Waals surface area contributed by atoms with Crippen molar-refractivity contribution >= 4 is 0 Å². The van der Waals surface area contributed by atoms with E-state index in [1.807, 2.05) is 20.2 Å². The fraction of sp³-hybridized carbons (Fsp3) is 0.292. The minimum Gasteiger partial charge on any atom is -0.475 e. The summed E-state index contributed by atoms with van der Waals surface area (Å²) in [7, 11) is 3.96. The van der Waals surface area contributed by atoms with Crippen molar-refractivity contribution in [3.05, 3.63) is 65.9 Å². The molecule has 0 N–H and O–H groups in total. The number of hydrogen-bond donors (Lipinski definition) is 0. The van der Waals surface area contributed by atoms with Crippen molar-refractivity contribution in [2.45, 2.75) is 13.8 Å². The average molecular weight is 422 g/mol. The SMILES string of the molecule is CN(C)CC(C)(C)COc1nc(-c2ccc(F)cc2)c(-c2ccc(F)cc2)nc1C#N. The molecule has 1 aromatic heterocycles. The molecule has 0 aliphatic heterocycles. The molecular weight excluding hydrogens is 398 g/mol. The van der Waals surface area contributed by atoms with Crippen LogP contribution in [-0.2, 0) is 0 Å². The number of aromatic nitrogens is 2. The highest BCUT2D eigenvalue weighted by Crippen LogP contribution is 2.33. The number of rotatable bonds is 7. The van der Waals surface area contributed by atoms with Crippen molar-refractivity contribution in [3.63, 3.8) is 0 Å². The Kier molecular flexibility index (Phi) is 6.62. The summed E-state index contributed by atoms with van der Waals surface area (Å²) < 4.78 is 32.8. The van der Waals surface area contributed by atoms with E-state index in [0.29, 0.717) is 29.1 Å². The topological polar surface area (TPSA) is 62.0 Å². The van der Waals surface area contributed by atoms with Crippen LogP contribution >= 0.6 is 0 Å². The van der Waals surface area contributed by atoms with Crippen LogP contribution in [0, 0.1) is 28.4 Å². The third-order valence-corrected chi connectivity index (χ3v) is 4.55. The molecule has 0 saturated heterocycles. The first-order valence-corrected chi connectivity index (χ1v) is 9.80. The summed E-state index contributed by atoms with van der Waals surface area (Å²) in [4.78, 5) is 11.1. The van der Waals surface area contributed by atoms with E-state index in [9.17, 15) is 14.0 Å². The van der Waals surface area contributed by atoms with Gasteiger partial charge in [-0.25, -0.2) is 18.7 Å². The quantitative estimate of drug-likeness (QED) is 0.540. The molecule has 0 saturated carbocycles. The molecule has 7 heteroatoms. The van der Waals surface area contributed by atoms with Crippen molar-refractivity contribution < 1.29 is 13.5 Å². The van der Waals surface area contributed by atoms with E-state index in [-0.39, 0.29) is 28.6 Å². The van der Waals surface area contributed by atoms with Gasteiger partial charge in [-0.05, 0) is 62.6 Å². The van der Waals surface area contributed by atoms with Crippen LogP contribution in [0.25, 0.3) is 22.5 Å². The molecule has 0 radical (unpaired) electrons. The molecular formula is C24H24F2N4O. The Morgan fingerprint density at radius 3 is 1.84 bits per heavy atom. The molecule has 0 aliphatic rings. The number of ether oxygens (including phenoxy) is 1. The van der Waals surface area contributed by atoms with Gasteiger partial charge in [0.15, 0.2) is 0 Å². The first kappa shape index (κ1) is 22.3. The van der Waals surface area contributed by atoms with E-state index in [0.717, 1.165) is 6.54 Å². The van der Waals surface area contributed by atoms with Crippen LogP contribution < -0.4 is 4.74 Å². The van der Waals surface area contributed by atoms with Gasteiger partial charge in [0.2, 0.25) is 5.69 Å². The van der Waals surface area contributed by atoms with E-state index in [2.05, 4.69) is 28.7 Å². The Bertz CT molecular complexity index is 1090. The van der Waals surface area contributed by atoms with Gasteiger partial charge in [-0.3, -0.25) is 0 Å². The normalized spacial score (nSPS) is 11.4. The van der Waals surface area contributed by atoms with Crippen molar-refractivity contribution in [1.29, 1.82) is 5.26 Å². The lowest BCUT2D eigenvalue weighted by atomic mass is 9.94. The number of nitriles is 1. The van der Waals surface area contributed by atoms with Crippen LogP contribution in [0.3, 0.4) is 0 Å². The first-order chi connectivity index (χ1) is 14.7. The highest BCUT2D eigenvalue weighted by Gasteiger charge is 2.23. The third-order valence-electron chi connectivity index (χ3n) is 4.55. The minimum absolute atomic E-state index is 0.0332. The Morgan fingerprint density at radius 2 is 1.39 bits per heavy atom. The zero-order chi connectivity index (χ0) is 22.6. The zero-order valence-electron chi connectivity index (χ0n) is 18.0. The average Bonchev–Trinajstić information content (AvgIpc) is 2.72. The van der Waals surface area contributed by atoms with E-state index in [4.69, 9.17) is 4.74 Å². The number of benzene rings is 2. The highest BCUT2D eigenvalue weighted by atomic mass is 19.1. The van der Waals surface area contributed by atoms with Crippen molar-refractivity contribution in [3.8, 4) is 34.5 Å². The molecule has 3 aromatic rings. The van der Waals surface area contributed by atoms with Gasteiger partial charge < -0.3 is 9.64 Å². The maximum Gasteiger partial charge on any atom is 0.251 e. The zero-order valence-corrected chi connectivity index (χ0v) is 18.0. The van der Waals surface area contributed by atoms with Crippen LogP contribution in [0.4, 0.5) is 8.78 Å². The molecule has 0 spiro atoms. The Morgan fingerprint density at radius 1 is 0.903 bits per heavy atom. The van der Waals surface area contributed by atoms with E-state index >= 15 is 0 Å². The molecule has 3 rings (SSSR count). The van der Waals surface area contributed by atoms with Gasteiger partial charge in [-0.2, -0.15) is 5.26 Å². The predicted molar refractivity (Wildman–Crippen MR) is 115 cm³/mol. The molecule has 160 valence electrons. The van der Waals surface area contributed by atoms with E-state index < -0.39 is 0 Å². The Hall–Kier alpha value is -3.37. The monoisotopic (exact) mass is 422 g/mol. The second-order valence-electron chi connectivity index (χ2n) is 8.39. The summed E-state index contributed by atoms with van der Waals surface area (Å²) in [6, 6.07) is 13.6. The lowest BCUT2D eigenvalue weighted by Crippen LogP contribution is -2.33. The second kappa shape index (κ2) is 9.19. The lowest BCUT2D eigenvalue weighted by Gasteiger charge is -2.28.